The summed E-state index contributed by atoms with van der Waals surface area (Å²) in [4.78, 5) is 13.3. The number of carbonyl (C=O) groups is 1. The highest BCUT2D eigenvalue weighted by molar-refractivity contribution is 5.99. The number of hydrogen-bond acceptors (Lipinski definition) is 4. The lowest BCUT2D eigenvalue weighted by Gasteiger charge is -2.08. The van der Waals surface area contributed by atoms with Crippen LogP contribution in [0.25, 0.3) is 16.9 Å². The van der Waals surface area contributed by atoms with Crippen molar-refractivity contribution in [3.05, 3.63) is 83.6 Å². The molecular weight excluding hydrogens is 400 g/mol. The second-order valence-electron chi connectivity index (χ2n) is 8.22. The Morgan fingerprint density at radius 1 is 1.03 bits per heavy atom. The number of amides is 1. The minimum Gasteiger partial charge on any atom is -0.345 e. The molecule has 2 aromatic carbocycles. The zero-order valence-corrected chi connectivity index (χ0v) is 18.2. The molecule has 4 aromatic rings. The summed E-state index contributed by atoms with van der Waals surface area (Å²) in [6.45, 7) is 3.29. The molecule has 2 aromatic heterocycles. The molecule has 0 saturated heterocycles. The van der Waals surface area contributed by atoms with Gasteiger partial charge in [-0.05, 0) is 38.0 Å². The Morgan fingerprint density at radius 3 is 2.75 bits per heavy atom. The van der Waals surface area contributed by atoms with Crippen molar-refractivity contribution in [2.45, 2.75) is 45.7 Å². The normalized spacial score (nSPS) is 13.4. The fraction of sp³-hybridized carbons (Fsp3) is 0.280. The van der Waals surface area contributed by atoms with Crippen molar-refractivity contribution >= 4 is 5.91 Å². The van der Waals surface area contributed by atoms with Crippen LogP contribution in [0.5, 0.6) is 0 Å². The van der Waals surface area contributed by atoms with Gasteiger partial charge in [-0.2, -0.15) is 5.10 Å². The predicted octanol–water partition coefficient (Wildman–Crippen LogP) is 4.10. The van der Waals surface area contributed by atoms with E-state index < -0.39 is 0 Å². The van der Waals surface area contributed by atoms with E-state index in [0.29, 0.717) is 17.8 Å². The molecule has 1 aliphatic heterocycles. The Kier molecular flexibility index (Phi) is 5.54. The average molecular weight is 427 g/mol. The molecule has 0 unspecified atom stereocenters. The van der Waals surface area contributed by atoms with Gasteiger partial charge in [0.1, 0.15) is 11.5 Å². The van der Waals surface area contributed by atoms with E-state index in [9.17, 15) is 4.79 Å². The summed E-state index contributed by atoms with van der Waals surface area (Å²) in [5, 5.41) is 16.5. The zero-order chi connectivity index (χ0) is 21.9. The summed E-state index contributed by atoms with van der Waals surface area (Å²) < 4.78 is 3.91. The van der Waals surface area contributed by atoms with E-state index in [1.54, 1.807) is 10.9 Å². The lowest BCUT2D eigenvalue weighted by atomic mass is 10.1. The van der Waals surface area contributed by atoms with Crippen molar-refractivity contribution in [1.29, 1.82) is 0 Å². The van der Waals surface area contributed by atoms with Gasteiger partial charge < -0.3 is 9.88 Å². The monoisotopic (exact) mass is 426 g/mol. The van der Waals surface area contributed by atoms with Crippen molar-refractivity contribution in [1.82, 2.24) is 29.9 Å². The van der Waals surface area contributed by atoms with Gasteiger partial charge in [0.25, 0.3) is 5.91 Å². The quantitative estimate of drug-likeness (QED) is 0.521. The molecule has 7 heteroatoms. The second kappa shape index (κ2) is 8.78. The maximum Gasteiger partial charge on any atom is 0.255 e. The zero-order valence-electron chi connectivity index (χ0n) is 18.2. The molecular formula is C25H26N6O. The molecule has 1 amide bonds. The van der Waals surface area contributed by atoms with Gasteiger partial charge in [0.2, 0.25) is 0 Å². The van der Waals surface area contributed by atoms with Gasteiger partial charge in [0.15, 0.2) is 5.82 Å². The third-order valence-electron chi connectivity index (χ3n) is 5.86. The number of aryl methyl sites for hydroxylation is 2. The molecule has 1 N–H and O–H groups in total. The van der Waals surface area contributed by atoms with Crippen molar-refractivity contribution in [3.63, 3.8) is 0 Å². The number of carbonyl (C=O) groups excluding carboxylic acids is 1. The van der Waals surface area contributed by atoms with Crippen LogP contribution in [0.2, 0.25) is 0 Å². The molecule has 5 rings (SSSR count). The summed E-state index contributed by atoms with van der Waals surface area (Å²) in [6, 6.07) is 17.9. The number of hydrogen-bond donors (Lipinski definition) is 1. The highest BCUT2D eigenvalue weighted by Crippen LogP contribution is 2.25. The first-order valence-electron chi connectivity index (χ1n) is 11.1. The molecule has 0 fully saturated rings. The van der Waals surface area contributed by atoms with Crippen molar-refractivity contribution in [2.75, 3.05) is 0 Å². The topological polar surface area (TPSA) is 77.6 Å². The van der Waals surface area contributed by atoms with E-state index in [-0.39, 0.29) is 5.91 Å². The SMILES string of the molecule is Cc1cccc(-c2nn(-c3ccccc3)cc2C(=O)NCc2nnc3n2CCCCC3)c1. The molecule has 7 nitrogen and oxygen atoms in total. The number of nitrogens with zero attached hydrogens (tertiary/aromatic N) is 5. The number of para-hydroxylation sites is 1. The average Bonchev–Trinajstić information content (AvgIpc) is 3.36. The molecule has 0 spiro atoms. The van der Waals surface area contributed by atoms with E-state index in [0.717, 1.165) is 54.3 Å². The molecule has 1 aliphatic rings. The van der Waals surface area contributed by atoms with Gasteiger partial charge in [-0.15, -0.1) is 10.2 Å². The number of fused-ring (bicyclic) bond motifs is 1. The molecule has 0 atom stereocenters. The number of rotatable bonds is 5. The van der Waals surface area contributed by atoms with Crippen LogP contribution in [0.4, 0.5) is 0 Å². The Balaban J connectivity index is 1.45. The van der Waals surface area contributed by atoms with Crippen LogP contribution >= 0.6 is 0 Å². The van der Waals surface area contributed by atoms with E-state index in [2.05, 4.69) is 20.1 Å². The van der Waals surface area contributed by atoms with Crippen LogP contribution in [0.1, 0.15) is 46.8 Å². The van der Waals surface area contributed by atoms with Gasteiger partial charge in [0.05, 0.1) is 17.8 Å². The largest absolute Gasteiger partial charge is 0.345 e. The first kappa shape index (κ1) is 20.2. The molecule has 0 aliphatic carbocycles. The highest BCUT2D eigenvalue weighted by Gasteiger charge is 2.20. The fourth-order valence-electron chi connectivity index (χ4n) is 4.19. The van der Waals surface area contributed by atoms with Crippen LogP contribution in [0, 0.1) is 6.92 Å². The highest BCUT2D eigenvalue weighted by atomic mass is 16.1. The Labute approximate surface area is 187 Å². The number of aromatic nitrogens is 5. The van der Waals surface area contributed by atoms with E-state index >= 15 is 0 Å². The lowest BCUT2D eigenvalue weighted by Crippen LogP contribution is -2.25. The van der Waals surface area contributed by atoms with E-state index in [4.69, 9.17) is 5.10 Å². The number of benzene rings is 2. The maximum absolute atomic E-state index is 13.3. The van der Waals surface area contributed by atoms with Gasteiger partial charge in [0, 0.05) is 24.7 Å². The minimum atomic E-state index is -0.172. The summed E-state index contributed by atoms with van der Waals surface area (Å²) in [5.74, 6) is 1.65. The van der Waals surface area contributed by atoms with Crippen molar-refractivity contribution < 1.29 is 4.79 Å². The lowest BCUT2D eigenvalue weighted by molar-refractivity contribution is 0.0950. The molecule has 162 valence electrons. The summed E-state index contributed by atoms with van der Waals surface area (Å²) in [7, 11) is 0. The summed E-state index contributed by atoms with van der Waals surface area (Å²) in [5.41, 5.74) is 4.14. The summed E-state index contributed by atoms with van der Waals surface area (Å²) >= 11 is 0. The molecule has 0 bridgehead atoms. The predicted molar refractivity (Wildman–Crippen MR) is 122 cm³/mol. The second-order valence-corrected chi connectivity index (χ2v) is 8.22. The first-order valence-corrected chi connectivity index (χ1v) is 11.1. The van der Waals surface area contributed by atoms with Gasteiger partial charge in [-0.1, -0.05) is 48.4 Å². The molecule has 0 saturated carbocycles. The smallest absolute Gasteiger partial charge is 0.255 e. The van der Waals surface area contributed by atoms with E-state index in [1.165, 1.54) is 6.42 Å². The maximum atomic E-state index is 13.3. The van der Waals surface area contributed by atoms with Crippen LogP contribution in [0.3, 0.4) is 0 Å². The summed E-state index contributed by atoms with van der Waals surface area (Å²) in [6.07, 6.45) is 6.21. The van der Waals surface area contributed by atoms with Crippen LogP contribution < -0.4 is 5.32 Å². The Bertz CT molecular complexity index is 1240. The fourth-order valence-corrected chi connectivity index (χ4v) is 4.19. The van der Waals surface area contributed by atoms with Crippen LogP contribution in [-0.2, 0) is 19.5 Å². The third kappa shape index (κ3) is 4.06. The van der Waals surface area contributed by atoms with Gasteiger partial charge in [-0.25, -0.2) is 4.68 Å². The third-order valence-corrected chi connectivity index (χ3v) is 5.86. The van der Waals surface area contributed by atoms with Crippen molar-refractivity contribution in [3.8, 4) is 16.9 Å². The molecule has 0 radical (unpaired) electrons. The van der Waals surface area contributed by atoms with Crippen LogP contribution in [0.15, 0.2) is 60.8 Å². The van der Waals surface area contributed by atoms with E-state index in [1.807, 2.05) is 61.5 Å². The molecule has 3 heterocycles. The number of nitrogens with one attached hydrogen (secondary N) is 1. The van der Waals surface area contributed by atoms with Crippen LogP contribution in [-0.4, -0.2) is 30.5 Å². The van der Waals surface area contributed by atoms with Crippen molar-refractivity contribution in [2.24, 2.45) is 0 Å². The first-order chi connectivity index (χ1) is 15.7. The Morgan fingerprint density at radius 2 is 1.91 bits per heavy atom. The minimum absolute atomic E-state index is 0.172. The Hall–Kier alpha value is -3.74. The van der Waals surface area contributed by atoms with Gasteiger partial charge >= 0.3 is 0 Å². The molecule has 32 heavy (non-hydrogen) atoms. The standard InChI is InChI=1S/C25H26N6O/c1-18-9-8-10-19(15-18)24-21(17-31(29-24)20-11-4-2-5-12-20)25(32)26-16-23-28-27-22-13-6-3-7-14-30(22)23/h2,4-5,8-12,15,17H,3,6-7,13-14,16H2,1H3,(H,26,32). The van der Waals surface area contributed by atoms with Gasteiger partial charge in [-0.3, -0.25) is 4.79 Å².